The first kappa shape index (κ1) is 15.5. The zero-order valence-electron chi connectivity index (χ0n) is 13.4. The van der Waals surface area contributed by atoms with Gasteiger partial charge in [0.25, 0.3) is 5.91 Å². The third-order valence-corrected chi connectivity index (χ3v) is 3.20. The second-order valence-corrected chi connectivity index (χ2v) is 5.02. The second kappa shape index (κ2) is 6.41. The van der Waals surface area contributed by atoms with Crippen molar-refractivity contribution >= 4 is 11.7 Å². The van der Waals surface area contributed by atoms with Crippen molar-refractivity contribution in [3.05, 3.63) is 47.7 Å². The van der Waals surface area contributed by atoms with Crippen molar-refractivity contribution in [2.24, 2.45) is 0 Å². The van der Waals surface area contributed by atoms with Gasteiger partial charge in [0.1, 0.15) is 12.1 Å². The fraction of sp³-hybridized carbons (Fsp3) is 0.200. The van der Waals surface area contributed by atoms with Crippen molar-refractivity contribution in [1.29, 1.82) is 0 Å². The number of aromatic nitrogens is 6. The number of carbonyl (C=O) groups excluding carboxylic acids is 1. The predicted octanol–water partition coefficient (Wildman–Crippen LogP) is 1.33. The van der Waals surface area contributed by atoms with E-state index in [2.05, 4.69) is 30.6 Å². The zero-order valence-corrected chi connectivity index (χ0v) is 13.4. The van der Waals surface area contributed by atoms with E-state index in [1.54, 1.807) is 16.8 Å². The molecule has 3 rings (SSSR count). The minimum Gasteiger partial charge on any atom is -0.480 e. The Bertz CT molecular complexity index is 874. The Morgan fingerprint density at radius 3 is 2.62 bits per heavy atom. The molecule has 0 aliphatic rings. The summed E-state index contributed by atoms with van der Waals surface area (Å²) in [6, 6.07) is 6.65. The maximum Gasteiger partial charge on any atom is 0.277 e. The molecule has 9 heteroatoms. The van der Waals surface area contributed by atoms with E-state index in [0.29, 0.717) is 17.5 Å². The van der Waals surface area contributed by atoms with Crippen LogP contribution in [0.2, 0.25) is 0 Å². The zero-order chi connectivity index (χ0) is 17.1. The van der Waals surface area contributed by atoms with Crippen LogP contribution in [0.1, 0.15) is 21.9 Å². The summed E-state index contributed by atoms with van der Waals surface area (Å²) in [4.78, 5) is 20.4. The molecule has 0 atom stereocenters. The lowest BCUT2D eigenvalue weighted by Gasteiger charge is -2.07. The Labute approximate surface area is 137 Å². The van der Waals surface area contributed by atoms with Gasteiger partial charge in [-0.2, -0.15) is 5.10 Å². The average Bonchev–Trinajstić information content (AvgIpc) is 2.93. The van der Waals surface area contributed by atoms with E-state index < -0.39 is 5.91 Å². The second-order valence-electron chi connectivity index (χ2n) is 5.02. The molecular weight excluding hydrogens is 310 g/mol. The van der Waals surface area contributed by atoms with Gasteiger partial charge in [-0.3, -0.25) is 4.79 Å². The van der Waals surface area contributed by atoms with Crippen molar-refractivity contribution < 1.29 is 9.53 Å². The van der Waals surface area contributed by atoms with E-state index in [0.717, 1.165) is 11.4 Å². The first-order valence-corrected chi connectivity index (χ1v) is 7.11. The SMILES string of the molecule is COc1ccc(C(=O)Nc2cc(-n3nc(C)cc3C)ncn2)nn1. The number of nitrogens with zero attached hydrogens (tertiary/aromatic N) is 6. The van der Waals surface area contributed by atoms with Gasteiger partial charge in [0, 0.05) is 17.8 Å². The van der Waals surface area contributed by atoms with Crippen LogP contribution in [0.15, 0.2) is 30.6 Å². The van der Waals surface area contributed by atoms with Gasteiger partial charge in [-0.1, -0.05) is 0 Å². The van der Waals surface area contributed by atoms with Crippen molar-refractivity contribution in [1.82, 2.24) is 29.9 Å². The Hall–Kier alpha value is -3.36. The van der Waals surface area contributed by atoms with Crippen LogP contribution in [0.25, 0.3) is 5.82 Å². The molecular formula is C15H15N7O2. The molecule has 3 aromatic heterocycles. The molecule has 0 radical (unpaired) electrons. The first-order chi connectivity index (χ1) is 11.6. The van der Waals surface area contributed by atoms with Gasteiger partial charge >= 0.3 is 0 Å². The lowest BCUT2D eigenvalue weighted by atomic mass is 10.3. The number of hydrogen-bond donors (Lipinski definition) is 1. The summed E-state index contributed by atoms with van der Waals surface area (Å²) in [5, 5.41) is 14.6. The molecule has 0 unspecified atom stereocenters. The number of aryl methyl sites for hydroxylation is 2. The average molecular weight is 325 g/mol. The maximum atomic E-state index is 12.2. The highest BCUT2D eigenvalue weighted by molar-refractivity contribution is 6.02. The predicted molar refractivity (Wildman–Crippen MR) is 85.2 cm³/mol. The number of anilines is 1. The number of ether oxygens (including phenoxy) is 1. The molecule has 0 aliphatic carbocycles. The topological polar surface area (TPSA) is 108 Å². The third-order valence-electron chi connectivity index (χ3n) is 3.20. The van der Waals surface area contributed by atoms with E-state index in [9.17, 15) is 4.79 Å². The summed E-state index contributed by atoms with van der Waals surface area (Å²) in [6.07, 6.45) is 1.36. The summed E-state index contributed by atoms with van der Waals surface area (Å²) in [7, 11) is 1.48. The Morgan fingerprint density at radius 2 is 2.00 bits per heavy atom. The normalized spacial score (nSPS) is 10.5. The molecule has 9 nitrogen and oxygen atoms in total. The van der Waals surface area contributed by atoms with Crippen molar-refractivity contribution in [3.63, 3.8) is 0 Å². The molecule has 24 heavy (non-hydrogen) atoms. The van der Waals surface area contributed by atoms with Gasteiger partial charge < -0.3 is 10.1 Å². The van der Waals surface area contributed by atoms with Gasteiger partial charge in [0.15, 0.2) is 11.5 Å². The summed E-state index contributed by atoms with van der Waals surface area (Å²) < 4.78 is 6.59. The molecule has 3 heterocycles. The summed E-state index contributed by atoms with van der Waals surface area (Å²) in [5.74, 6) is 0.811. The van der Waals surface area contributed by atoms with Crippen molar-refractivity contribution in [3.8, 4) is 11.7 Å². The quantitative estimate of drug-likeness (QED) is 0.771. The minimum atomic E-state index is -0.428. The molecule has 1 amide bonds. The van der Waals surface area contributed by atoms with Crippen molar-refractivity contribution in [2.45, 2.75) is 13.8 Å². The van der Waals surface area contributed by atoms with Gasteiger partial charge in [0.05, 0.1) is 12.8 Å². The van der Waals surface area contributed by atoms with Gasteiger partial charge in [-0.05, 0) is 26.0 Å². The standard InChI is InChI=1S/C15H15N7O2/c1-9-6-10(2)22(21-9)13-7-12(16-8-17-13)18-15(23)11-4-5-14(24-3)20-19-11/h4-8H,1-3H3,(H,16,17,18,23). The number of methoxy groups -OCH3 is 1. The van der Waals surface area contributed by atoms with Crippen LogP contribution in [-0.4, -0.2) is 43.0 Å². The van der Waals surface area contributed by atoms with E-state index in [1.165, 1.54) is 19.5 Å². The monoisotopic (exact) mass is 325 g/mol. The maximum absolute atomic E-state index is 12.2. The number of nitrogens with one attached hydrogen (secondary N) is 1. The molecule has 1 N–H and O–H groups in total. The highest BCUT2D eigenvalue weighted by Crippen LogP contribution is 2.13. The number of hydrogen-bond acceptors (Lipinski definition) is 7. The molecule has 122 valence electrons. The van der Waals surface area contributed by atoms with E-state index in [4.69, 9.17) is 4.74 Å². The number of rotatable bonds is 4. The third kappa shape index (κ3) is 3.19. The number of carbonyl (C=O) groups is 1. The van der Waals surface area contributed by atoms with E-state index >= 15 is 0 Å². The van der Waals surface area contributed by atoms with Crippen LogP contribution in [0.5, 0.6) is 5.88 Å². The Morgan fingerprint density at radius 1 is 1.17 bits per heavy atom. The Balaban J connectivity index is 1.81. The lowest BCUT2D eigenvalue weighted by Crippen LogP contribution is -2.16. The molecule has 0 fully saturated rings. The molecule has 0 spiro atoms. The lowest BCUT2D eigenvalue weighted by molar-refractivity contribution is 0.102. The van der Waals surface area contributed by atoms with E-state index in [-0.39, 0.29) is 5.69 Å². The van der Waals surface area contributed by atoms with Crippen LogP contribution in [0, 0.1) is 13.8 Å². The molecule has 0 saturated heterocycles. The molecule has 0 saturated carbocycles. The van der Waals surface area contributed by atoms with Crippen LogP contribution >= 0.6 is 0 Å². The molecule has 3 aromatic rings. The fourth-order valence-corrected chi connectivity index (χ4v) is 2.12. The molecule has 0 aromatic carbocycles. The number of amides is 1. The van der Waals surface area contributed by atoms with Gasteiger partial charge in [-0.25, -0.2) is 14.6 Å². The van der Waals surface area contributed by atoms with Crippen molar-refractivity contribution in [2.75, 3.05) is 12.4 Å². The molecule has 0 aliphatic heterocycles. The van der Waals surface area contributed by atoms with Crippen LogP contribution in [0.4, 0.5) is 5.82 Å². The summed E-state index contributed by atoms with van der Waals surface area (Å²) in [6.45, 7) is 3.82. The highest BCUT2D eigenvalue weighted by Gasteiger charge is 2.12. The van der Waals surface area contributed by atoms with Gasteiger partial charge in [0.2, 0.25) is 5.88 Å². The fourth-order valence-electron chi connectivity index (χ4n) is 2.12. The van der Waals surface area contributed by atoms with Crippen LogP contribution in [-0.2, 0) is 0 Å². The highest BCUT2D eigenvalue weighted by atomic mass is 16.5. The smallest absolute Gasteiger partial charge is 0.277 e. The summed E-state index contributed by atoms with van der Waals surface area (Å²) >= 11 is 0. The summed E-state index contributed by atoms with van der Waals surface area (Å²) in [5.41, 5.74) is 1.97. The largest absolute Gasteiger partial charge is 0.480 e. The Kier molecular flexibility index (Phi) is 4.15. The minimum absolute atomic E-state index is 0.155. The van der Waals surface area contributed by atoms with Crippen LogP contribution in [0.3, 0.4) is 0 Å². The van der Waals surface area contributed by atoms with E-state index in [1.807, 2.05) is 19.9 Å². The molecule has 0 bridgehead atoms. The first-order valence-electron chi connectivity index (χ1n) is 7.11. The van der Waals surface area contributed by atoms with Crippen LogP contribution < -0.4 is 10.1 Å². The van der Waals surface area contributed by atoms with Gasteiger partial charge in [-0.15, -0.1) is 10.2 Å².